The van der Waals surface area contributed by atoms with Crippen molar-refractivity contribution in [3.05, 3.63) is 0 Å². The second kappa shape index (κ2) is 3.81. The molecule has 1 saturated heterocycles. The summed E-state index contributed by atoms with van der Waals surface area (Å²) in [5.74, 6) is -0.105. The first-order chi connectivity index (χ1) is 6.38. The van der Waals surface area contributed by atoms with E-state index in [0.717, 1.165) is 6.54 Å². The fourth-order valence-electron chi connectivity index (χ4n) is 1.71. The number of carbonyl (C=O) groups is 1. The zero-order chi connectivity index (χ0) is 11.0. The van der Waals surface area contributed by atoms with Crippen molar-refractivity contribution in [3.63, 3.8) is 0 Å². The van der Waals surface area contributed by atoms with Gasteiger partial charge in [-0.2, -0.15) is 0 Å². The number of hydrogen-bond acceptors (Lipinski definition) is 3. The first kappa shape index (κ1) is 12.0. The molecule has 1 aliphatic rings. The van der Waals surface area contributed by atoms with Crippen molar-refractivity contribution in [1.29, 1.82) is 0 Å². The Morgan fingerprint density at radius 1 is 1.57 bits per heavy atom. The molecule has 0 amide bonds. The Balaban J connectivity index is 2.70. The molecule has 1 heterocycles. The molecule has 1 fully saturated rings. The third kappa shape index (κ3) is 1.96. The van der Waals surface area contributed by atoms with Crippen molar-refractivity contribution in [2.24, 2.45) is 0 Å². The van der Waals surface area contributed by atoms with Crippen molar-refractivity contribution in [1.82, 2.24) is 4.90 Å². The molecule has 2 atom stereocenters. The van der Waals surface area contributed by atoms with E-state index >= 15 is 0 Å². The summed E-state index contributed by atoms with van der Waals surface area (Å²) >= 11 is 3.39. The number of alkyl halides is 1. The van der Waals surface area contributed by atoms with E-state index in [1.165, 1.54) is 0 Å². The number of hydrogen-bond donors (Lipinski definition) is 0. The zero-order valence-corrected chi connectivity index (χ0v) is 10.8. The van der Waals surface area contributed by atoms with Gasteiger partial charge in [0.2, 0.25) is 0 Å². The van der Waals surface area contributed by atoms with Crippen molar-refractivity contribution in [3.8, 4) is 0 Å². The fourth-order valence-corrected chi connectivity index (χ4v) is 2.42. The maximum atomic E-state index is 11.7. The summed E-state index contributed by atoms with van der Waals surface area (Å²) in [5.41, 5.74) is -0.380. The van der Waals surface area contributed by atoms with Crippen molar-refractivity contribution >= 4 is 21.9 Å². The second-order valence-electron chi connectivity index (χ2n) is 4.64. The maximum absolute atomic E-state index is 11.7. The summed E-state index contributed by atoms with van der Waals surface area (Å²) in [7, 11) is 0. The SMILES string of the molecule is CCOC(=O)C1(CBr)CN1C(C)(C)C. The minimum atomic E-state index is -0.408. The van der Waals surface area contributed by atoms with Gasteiger partial charge in [-0.05, 0) is 27.7 Å². The maximum Gasteiger partial charge on any atom is 0.328 e. The van der Waals surface area contributed by atoms with Gasteiger partial charge in [0, 0.05) is 17.4 Å². The van der Waals surface area contributed by atoms with Crippen molar-refractivity contribution in [2.45, 2.75) is 38.8 Å². The molecule has 14 heavy (non-hydrogen) atoms. The Bertz CT molecular complexity index is 237. The van der Waals surface area contributed by atoms with Crippen LogP contribution in [-0.4, -0.2) is 40.4 Å². The fraction of sp³-hybridized carbons (Fsp3) is 0.900. The summed E-state index contributed by atoms with van der Waals surface area (Å²) in [6.45, 7) is 9.40. The molecule has 0 aliphatic carbocycles. The van der Waals surface area contributed by atoms with Gasteiger partial charge in [-0.15, -0.1) is 0 Å². The van der Waals surface area contributed by atoms with E-state index in [4.69, 9.17) is 4.74 Å². The van der Waals surface area contributed by atoms with Crippen LogP contribution in [0.25, 0.3) is 0 Å². The van der Waals surface area contributed by atoms with Crippen LogP contribution in [-0.2, 0) is 9.53 Å². The van der Waals surface area contributed by atoms with Gasteiger partial charge >= 0.3 is 5.97 Å². The Hall–Kier alpha value is -0.0900. The van der Waals surface area contributed by atoms with Gasteiger partial charge in [-0.1, -0.05) is 15.9 Å². The number of nitrogens with zero attached hydrogens (tertiary/aromatic N) is 1. The lowest BCUT2D eigenvalue weighted by atomic mass is 10.1. The molecule has 0 radical (unpaired) electrons. The number of rotatable bonds is 3. The summed E-state index contributed by atoms with van der Waals surface area (Å²) in [5, 5.41) is 0.649. The topological polar surface area (TPSA) is 29.3 Å². The van der Waals surface area contributed by atoms with E-state index in [1.54, 1.807) is 0 Å². The van der Waals surface area contributed by atoms with Gasteiger partial charge in [-0.25, -0.2) is 4.79 Å². The first-order valence-corrected chi connectivity index (χ1v) is 6.01. The van der Waals surface area contributed by atoms with E-state index in [0.29, 0.717) is 11.9 Å². The highest BCUT2D eigenvalue weighted by atomic mass is 79.9. The van der Waals surface area contributed by atoms with E-state index in [1.807, 2.05) is 6.92 Å². The Morgan fingerprint density at radius 2 is 2.14 bits per heavy atom. The molecule has 1 rings (SSSR count). The van der Waals surface area contributed by atoms with E-state index < -0.39 is 5.54 Å². The van der Waals surface area contributed by atoms with Crippen LogP contribution < -0.4 is 0 Å². The van der Waals surface area contributed by atoms with Gasteiger partial charge in [0.1, 0.15) is 5.54 Å². The van der Waals surface area contributed by atoms with Crippen LogP contribution in [0.4, 0.5) is 0 Å². The monoisotopic (exact) mass is 263 g/mol. The van der Waals surface area contributed by atoms with Crippen LogP contribution in [0.15, 0.2) is 0 Å². The van der Waals surface area contributed by atoms with Crippen LogP contribution in [0.1, 0.15) is 27.7 Å². The molecular formula is C10H18BrNO2. The van der Waals surface area contributed by atoms with Gasteiger partial charge in [-0.3, -0.25) is 4.90 Å². The highest BCUT2D eigenvalue weighted by Gasteiger charge is 2.62. The summed E-state index contributed by atoms with van der Waals surface area (Å²) in [6.07, 6.45) is 0. The summed E-state index contributed by atoms with van der Waals surface area (Å²) < 4.78 is 5.07. The quantitative estimate of drug-likeness (QED) is 0.442. The lowest BCUT2D eigenvalue weighted by molar-refractivity contribution is -0.147. The number of ether oxygens (including phenoxy) is 1. The number of esters is 1. The molecule has 82 valence electrons. The van der Waals surface area contributed by atoms with Crippen molar-refractivity contribution < 1.29 is 9.53 Å². The molecular weight excluding hydrogens is 246 g/mol. The molecule has 0 spiro atoms. The second-order valence-corrected chi connectivity index (χ2v) is 5.20. The molecule has 0 saturated carbocycles. The van der Waals surface area contributed by atoms with Gasteiger partial charge in [0.05, 0.1) is 6.61 Å². The minimum Gasteiger partial charge on any atom is -0.465 e. The third-order valence-corrected chi connectivity index (χ3v) is 3.45. The first-order valence-electron chi connectivity index (χ1n) is 4.89. The average molecular weight is 264 g/mol. The molecule has 0 aromatic heterocycles. The lowest BCUT2D eigenvalue weighted by Crippen LogP contribution is -2.40. The normalized spacial score (nSPS) is 31.4. The van der Waals surface area contributed by atoms with Gasteiger partial charge in [0.15, 0.2) is 0 Å². The highest BCUT2D eigenvalue weighted by molar-refractivity contribution is 9.09. The van der Waals surface area contributed by atoms with E-state index in [-0.39, 0.29) is 11.5 Å². The lowest BCUT2D eigenvalue weighted by Gasteiger charge is -2.25. The Kier molecular flexibility index (Phi) is 3.26. The van der Waals surface area contributed by atoms with Crippen LogP contribution in [0.2, 0.25) is 0 Å². The minimum absolute atomic E-state index is 0.0283. The average Bonchev–Trinajstić information content (AvgIpc) is 2.79. The molecule has 1 aliphatic heterocycles. The van der Waals surface area contributed by atoms with Crippen LogP contribution in [0, 0.1) is 0 Å². The third-order valence-electron chi connectivity index (χ3n) is 2.52. The van der Waals surface area contributed by atoms with Gasteiger partial charge < -0.3 is 4.74 Å². The summed E-state index contributed by atoms with van der Waals surface area (Å²) in [4.78, 5) is 13.9. The highest BCUT2D eigenvalue weighted by Crippen LogP contribution is 2.41. The molecule has 0 N–H and O–H groups in total. The Morgan fingerprint density at radius 3 is 2.43 bits per heavy atom. The van der Waals surface area contributed by atoms with Crippen LogP contribution >= 0.6 is 15.9 Å². The largest absolute Gasteiger partial charge is 0.465 e. The Labute approximate surface area is 93.9 Å². The zero-order valence-electron chi connectivity index (χ0n) is 9.26. The predicted octanol–water partition coefficient (Wildman–Crippen LogP) is 1.80. The molecule has 3 nitrogen and oxygen atoms in total. The number of carbonyl (C=O) groups excluding carboxylic acids is 1. The standard InChI is InChI=1S/C10H18BrNO2/c1-5-14-8(13)10(6-11)7-12(10)9(2,3)4/h5-7H2,1-4H3. The predicted molar refractivity (Wildman–Crippen MR) is 59.6 cm³/mol. The van der Waals surface area contributed by atoms with Gasteiger partial charge in [0.25, 0.3) is 0 Å². The van der Waals surface area contributed by atoms with Crippen LogP contribution in [0.3, 0.4) is 0 Å². The molecule has 2 unspecified atom stereocenters. The smallest absolute Gasteiger partial charge is 0.328 e. The van der Waals surface area contributed by atoms with E-state index in [2.05, 4.69) is 41.6 Å². The van der Waals surface area contributed by atoms with Crippen molar-refractivity contribution in [2.75, 3.05) is 18.5 Å². The molecule has 0 aromatic carbocycles. The molecule has 0 aromatic rings. The van der Waals surface area contributed by atoms with Crippen LogP contribution in [0.5, 0.6) is 0 Å². The summed E-state index contributed by atoms with van der Waals surface area (Å²) in [6, 6.07) is 0. The number of halogens is 1. The molecule has 0 bridgehead atoms. The van der Waals surface area contributed by atoms with E-state index in [9.17, 15) is 4.79 Å². The molecule has 4 heteroatoms.